The fourth-order valence-corrected chi connectivity index (χ4v) is 9.69. The van der Waals surface area contributed by atoms with E-state index in [0.717, 1.165) is 0 Å². The summed E-state index contributed by atoms with van der Waals surface area (Å²) in [7, 11) is 0. The van der Waals surface area contributed by atoms with Gasteiger partial charge in [-0.25, -0.2) is 0 Å². The molecule has 0 radical (unpaired) electrons. The van der Waals surface area contributed by atoms with E-state index < -0.39 is 0 Å². The lowest BCUT2D eigenvalue weighted by Gasteiger charge is -2.73. The molecular weight excluding hydrogens is 528 g/mol. The fourth-order valence-electron chi connectivity index (χ4n) is 9.69. The highest BCUT2D eigenvalue weighted by molar-refractivity contribution is 5.18. The van der Waals surface area contributed by atoms with Crippen LogP contribution < -0.4 is 0 Å². The highest BCUT2D eigenvalue weighted by Crippen LogP contribution is 2.76. The van der Waals surface area contributed by atoms with E-state index in [4.69, 9.17) is 0 Å². The van der Waals surface area contributed by atoms with Crippen molar-refractivity contribution in [3.8, 4) is 0 Å². The normalized spacial score (nSPS) is 17.3. The molecule has 0 saturated carbocycles. The topological polar surface area (TPSA) is 0 Å². The van der Waals surface area contributed by atoms with Gasteiger partial charge in [0, 0.05) is 0 Å². The minimum absolute atomic E-state index is 0.00324. The smallest absolute Gasteiger partial charge is 0.0241 e. The molecule has 0 aromatic heterocycles. The Morgan fingerprint density at radius 2 is 0.182 bits per heavy atom. The predicted molar refractivity (Wildman–Crippen MR) is 204 cm³/mol. The van der Waals surface area contributed by atoms with Crippen LogP contribution in [-0.2, 0) is 0 Å². The molecule has 0 N–H and O–H groups in total. The van der Waals surface area contributed by atoms with Crippen LogP contribution in [0.1, 0.15) is 208 Å². The third kappa shape index (κ3) is 5.16. The maximum absolute atomic E-state index is 2.61. The number of rotatable bonds is 11. The molecule has 0 heterocycles. The van der Waals surface area contributed by atoms with Gasteiger partial charge in [0.1, 0.15) is 0 Å². The molecule has 0 nitrogen and oxygen atoms in total. The van der Waals surface area contributed by atoms with Crippen LogP contribution in [0.3, 0.4) is 0 Å². The van der Waals surface area contributed by atoms with Gasteiger partial charge in [0.15, 0.2) is 0 Å². The molecule has 0 unspecified atom stereocenters. The van der Waals surface area contributed by atoms with Crippen molar-refractivity contribution in [2.24, 2.45) is 75.8 Å². The van der Waals surface area contributed by atoms with Crippen LogP contribution >= 0.6 is 0 Å². The third-order valence-corrected chi connectivity index (χ3v) is 20.9. The predicted octanol–water partition coefficient (Wildman–Crippen LogP) is 15.4. The summed E-state index contributed by atoms with van der Waals surface area (Å²) in [5, 5.41) is 0. The van der Waals surface area contributed by atoms with Crippen LogP contribution in [-0.4, -0.2) is 0 Å². The molecule has 0 aliphatic heterocycles. The zero-order valence-corrected chi connectivity index (χ0v) is 37.0. The molecule has 0 spiro atoms. The molecular formula is C44H90. The first-order valence-corrected chi connectivity index (χ1v) is 18.2. The Morgan fingerprint density at radius 3 is 0.250 bits per heavy atom. The first kappa shape index (κ1) is 44.0. The highest BCUT2D eigenvalue weighted by Gasteiger charge is 2.70. The van der Waals surface area contributed by atoms with E-state index in [2.05, 4.69) is 208 Å². The molecule has 0 aromatic rings. The van der Waals surface area contributed by atoms with E-state index in [9.17, 15) is 0 Å². The molecule has 44 heavy (non-hydrogen) atoms. The van der Waals surface area contributed by atoms with E-state index in [-0.39, 0.29) is 75.8 Å². The molecule has 0 bridgehead atoms. The summed E-state index contributed by atoms with van der Waals surface area (Å²) in [6.07, 6.45) is 0. The summed E-state index contributed by atoms with van der Waals surface area (Å²) < 4.78 is 0. The molecule has 0 aliphatic rings. The van der Waals surface area contributed by atoms with Crippen LogP contribution in [0, 0.1) is 75.8 Å². The summed E-state index contributed by atoms with van der Waals surface area (Å²) in [6, 6.07) is 0. The molecule has 0 rings (SSSR count). The van der Waals surface area contributed by atoms with Gasteiger partial charge in [-0.1, -0.05) is 208 Å². The zero-order chi connectivity index (χ0) is 37.0. The molecule has 0 fully saturated rings. The van der Waals surface area contributed by atoms with Gasteiger partial charge in [-0.2, -0.15) is 0 Å². The van der Waals surface area contributed by atoms with Gasteiger partial charge in [0.05, 0.1) is 0 Å². The van der Waals surface area contributed by atoms with Crippen molar-refractivity contribution in [1.29, 1.82) is 0 Å². The second-order valence-corrected chi connectivity index (χ2v) is 24.0. The monoisotopic (exact) mass is 619 g/mol. The second kappa shape index (κ2) is 10.8. The Kier molecular flexibility index (Phi) is 10.8. The van der Waals surface area contributed by atoms with Crippen LogP contribution in [0.2, 0.25) is 0 Å². The van der Waals surface area contributed by atoms with Crippen LogP contribution in [0.25, 0.3) is 0 Å². The summed E-state index contributed by atoms with van der Waals surface area (Å²) in [6.45, 7) is 76.5. The van der Waals surface area contributed by atoms with Gasteiger partial charge < -0.3 is 0 Å². The van der Waals surface area contributed by atoms with Crippen molar-refractivity contribution in [1.82, 2.24) is 0 Å². The summed E-state index contributed by atoms with van der Waals surface area (Å²) >= 11 is 0. The Morgan fingerprint density at radius 1 is 0.114 bits per heavy atom. The lowest BCUT2D eigenvalue weighted by Crippen LogP contribution is -2.67. The largest absolute Gasteiger partial charge is 0.0596 e. The van der Waals surface area contributed by atoms with Crippen LogP contribution in [0.4, 0.5) is 0 Å². The van der Waals surface area contributed by atoms with E-state index in [1.807, 2.05) is 0 Å². The molecule has 0 atom stereocenters. The molecule has 0 heteroatoms. The van der Waals surface area contributed by atoms with Gasteiger partial charge in [-0.15, -0.1) is 0 Å². The molecule has 266 valence electrons. The van der Waals surface area contributed by atoms with Crippen molar-refractivity contribution in [3.63, 3.8) is 0 Å². The minimum Gasteiger partial charge on any atom is -0.0596 e. The van der Waals surface area contributed by atoms with Gasteiger partial charge in [-0.3, -0.25) is 0 Å². The average Bonchev–Trinajstić information content (AvgIpc) is 2.75. The standard InChI is InChI=1S/C44H90/c1-31(2,3)33(7,8)35(11,12)37(15,16)39(19,20)41(23,24)43(27,28)44(29,30)42(25,26)40(21,22)38(17,18)36(13,14)34(9,10)32(4,5)6/h1-30H3. The first-order valence-electron chi connectivity index (χ1n) is 18.2. The van der Waals surface area contributed by atoms with E-state index in [1.54, 1.807) is 0 Å². The van der Waals surface area contributed by atoms with Crippen LogP contribution in [0.5, 0.6) is 0 Å². The summed E-state index contributed by atoms with van der Waals surface area (Å²) in [5.74, 6) is 0. The Balaban J connectivity index is 7.52. The molecule has 0 amide bonds. The SMILES string of the molecule is CC(C)(C)C(C)(C)C(C)(C)C(C)(C)C(C)(C)C(C)(C)C(C)(C)C(C)(C)C(C)(C)C(C)(C)C(C)(C)C(C)(C)C(C)(C)C(C)(C)C. The number of hydrogen-bond acceptors (Lipinski definition) is 0. The van der Waals surface area contributed by atoms with Crippen molar-refractivity contribution in [2.75, 3.05) is 0 Å². The number of hydrogen-bond donors (Lipinski definition) is 0. The van der Waals surface area contributed by atoms with Crippen molar-refractivity contribution < 1.29 is 0 Å². The minimum atomic E-state index is 0.00324. The summed E-state index contributed by atoms with van der Waals surface area (Å²) in [4.78, 5) is 0. The Hall–Kier alpha value is 0. The Labute approximate surface area is 282 Å². The van der Waals surface area contributed by atoms with Gasteiger partial charge >= 0.3 is 0 Å². The lowest BCUT2D eigenvalue weighted by molar-refractivity contribution is -0.253. The third-order valence-electron chi connectivity index (χ3n) is 20.9. The molecule has 0 saturated heterocycles. The maximum atomic E-state index is 2.61. The van der Waals surface area contributed by atoms with Crippen molar-refractivity contribution >= 4 is 0 Å². The Bertz CT molecular complexity index is 923. The second-order valence-electron chi connectivity index (χ2n) is 24.0. The summed E-state index contributed by atoms with van der Waals surface area (Å²) in [5.41, 5.74) is 0.973. The van der Waals surface area contributed by atoms with Crippen molar-refractivity contribution in [2.45, 2.75) is 208 Å². The fraction of sp³-hybridized carbons (Fsp3) is 1.00. The molecule has 0 aromatic carbocycles. The highest BCUT2D eigenvalue weighted by atomic mass is 14.7. The quantitative estimate of drug-likeness (QED) is 0.216. The zero-order valence-electron chi connectivity index (χ0n) is 37.0. The molecule has 0 aliphatic carbocycles. The van der Waals surface area contributed by atoms with Crippen molar-refractivity contribution in [3.05, 3.63) is 0 Å². The maximum Gasteiger partial charge on any atom is -0.0241 e. The van der Waals surface area contributed by atoms with Gasteiger partial charge in [-0.05, 0) is 75.8 Å². The van der Waals surface area contributed by atoms with E-state index in [1.165, 1.54) is 0 Å². The van der Waals surface area contributed by atoms with E-state index >= 15 is 0 Å². The first-order chi connectivity index (χ1) is 18.2. The van der Waals surface area contributed by atoms with E-state index in [0.29, 0.717) is 0 Å². The lowest BCUT2D eigenvalue weighted by atomic mass is 9.31. The van der Waals surface area contributed by atoms with Gasteiger partial charge in [0.2, 0.25) is 0 Å². The van der Waals surface area contributed by atoms with Gasteiger partial charge in [0.25, 0.3) is 0 Å². The van der Waals surface area contributed by atoms with Crippen LogP contribution in [0.15, 0.2) is 0 Å². The average molecular weight is 619 g/mol.